The zero-order valence-corrected chi connectivity index (χ0v) is 12.1. The molecule has 5 nitrogen and oxygen atoms in total. The minimum Gasteiger partial charge on any atom is -0.507 e. The van der Waals surface area contributed by atoms with E-state index in [2.05, 4.69) is 22.2 Å². The Labute approximate surface area is 124 Å². The van der Waals surface area contributed by atoms with Crippen LogP contribution in [0.4, 0.5) is 0 Å². The van der Waals surface area contributed by atoms with Crippen LogP contribution in [0.3, 0.4) is 0 Å². The Balaban J connectivity index is 1.84. The Bertz CT molecular complexity index is 934. The summed E-state index contributed by atoms with van der Waals surface area (Å²) < 4.78 is 3.76. The number of aryl methyl sites for hydroxylation is 1. The van der Waals surface area contributed by atoms with E-state index < -0.39 is 0 Å². The van der Waals surface area contributed by atoms with Gasteiger partial charge in [0.15, 0.2) is 0 Å². The normalized spacial score (nSPS) is 11.3. The molecule has 0 aliphatic carbocycles. The Hall–Kier alpha value is -2.60. The van der Waals surface area contributed by atoms with E-state index in [1.54, 1.807) is 22.5 Å². The van der Waals surface area contributed by atoms with E-state index in [0.717, 1.165) is 27.2 Å². The van der Waals surface area contributed by atoms with Crippen molar-refractivity contribution >= 4 is 22.4 Å². The lowest BCUT2D eigenvalue weighted by Gasteiger charge is -2.01. The third-order valence-electron chi connectivity index (χ3n) is 3.39. The minimum atomic E-state index is 0.281. The Kier molecular flexibility index (Phi) is 2.58. The van der Waals surface area contributed by atoms with Gasteiger partial charge in [-0.25, -0.2) is 4.98 Å². The number of hydrogen-bond acceptors (Lipinski definition) is 4. The first kappa shape index (κ1) is 12.2. The molecule has 104 valence electrons. The number of aromatic nitrogens is 4. The summed E-state index contributed by atoms with van der Waals surface area (Å²) in [7, 11) is 1.90. The fraction of sp³-hybridized carbons (Fsp3) is 0.0667. The number of fused-ring (bicyclic) bond motifs is 1. The number of rotatable bonds is 2. The summed E-state index contributed by atoms with van der Waals surface area (Å²) in [5.74, 6) is 0.281. The summed E-state index contributed by atoms with van der Waals surface area (Å²) in [5.41, 5.74) is 4.10. The first-order valence-corrected chi connectivity index (χ1v) is 7.33. The number of nitrogens with zero attached hydrogens (tertiary/aromatic N) is 4. The molecule has 0 aliphatic rings. The average molecular weight is 296 g/mol. The van der Waals surface area contributed by atoms with Crippen molar-refractivity contribution in [2.24, 2.45) is 7.05 Å². The summed E-state index contributed by atoms with van der Waals surface area (Å²) in [6, 6.07) is 7.89. The molecule has 21 heavy (non-hydrogen) atoms. The zero-order chi connectivity index (χ0) is 14.4. The molecule has 4 rings (SSSR count). The quantitative estimate of drug-likeness (QED) is 0.618. The maximum absolute atomic E-state index is 9.49. The second-order valence-corrected chi connectivity index (χ2v) is 5.75. The molecule has 0 bridgehead atoms. The molecule has 0 saturated carbocycles. The molecule has 3 heterocycles. The highest BCUT2D eigenvalue weighted by Gasteiger charge is 2.09. The van der Waals surface area contributed by atoms with Crippen LogP contribution in [0.1, 0.15) is 0 Å². The van der Waals surface area contributed by atoms with Crippen LogP contribution in [0, 0.1) is 0 Å². The maximum atomic E-state index is 9.49. The van der Waals surface area contributed by atoms with Crippen molar-refractivity contribution in [1.82, 2.24) is 19.3 Å². The van der Waals surface area contributed by atoms with Crippen LogP contribution in [0.25, 0.3) is 27.2 Å². The molecule has 0 fully saturated rings. The van der Waals surface area contributed by atoms with Crippen molar-refractivity contribution in [3.8, 4) is 21.9 Å². The van der Waals surface area contributed by atoms with Crippen LogP contribution < -0.4 is 0 Å². The van der Waals surface area contributed by atoms with Gasteiger partial charge in [-0.3, -0.25) is 9.25 Å². The van der Waals surface area contributed by atoms with Crippen molar-refractivity contribution in [1.29, 1.82) is 0 Å². The molecule has 0 spiro atoms. The Morgan fingerprint density at radius 3 is 2.81 bits per heavy atom. The molecule has 0 aliphatic heterocycles. The van der Waals surface area contributed by atoms with Crippen LogP contribution in [0.5, 0.6) is 5.75 Å². The lowest BCUT2D eigenvalue weighted by molar-refractivity contribution is 0.478. The summed E-state index contributed by atoms with van der Waals surface area (Å²) in [5, 5.41) is 16.3. The van der Waals surface area contributed by atoms with Crippen LogP contribution in [-0.2, 0) is 7.05 Å². The van der Waals surface area contributed by atoms with Crippen molar-refractivity contribution in [3.05, 3.63) is 48.4 Å². The SMILES string of the molecule is Cn1cc(-c2ccc3c(c2)ncn3-c2cc(O)cs2)cn1. The Morgan fingerprint density at radius 2 is 2.10 bits per heavy atom. The minimum absolute atomic E-state index is 0.281. The molecule has 0 atom stereocenters. The summed E-state index contributed by atoms with van der Waals surface area (Å²) in [6.45, 7) is 0. The number of benzene rings is 1. The number of aromatic hydroxyl groups is 1. The van der Waals surface area contributed by atoms with E-state index >= 15 is 0 Å². The van der Waals surface area contributed by atoms with Crippen LogP contribution in [0.2, 0.25) is 0 Å². The smallest absolute Gasteiger partial charge is 0.128 e. The monoisotopic (exact) mass is 296 g/mol. The van der Waals surface area contributed by atoms with Gasteiger partial charge in [0, 0.05) is 30.3 Å². The van der Waals surface area contributed by atoms with Gasteiger partial charge in [-0.2, -0.15) is 5.10 Å². The molecule has 1 aromatic carbocycles. The predicted molar refractivity (Wildman–Crippen MR) is 82.8 cm³/mol. The third-order valence-corrected chi connectivity index (χ3v) is 4.31. The molecular formula is C15H12N4OS. The largest absolute Gasteiger partial charge is 0.507 e. The molecule has 1 N–H and O–H groups in total. The lowest BCUT2D eigenvalue weighted by Crippen LogP contribution is -1.87. The van der Waals surface area contributed by atoms with E-state index in [0.29, 0.717) is 0 Å². The zero-order valence-electron chi connectivity index (χ0n) is 11.3. The van der Waals surface area contributed by atoms with Gasteiger partial charge in [0.25, 0.3) is 0 Å². The summed E-state index contributed by atoms with van der Waals surface area (Å²) in [4.78, 5) is 4.46. The van der Waals surface area contributed by atoms with Crippen LogP contribution >= 0.6 is 11.3 Å². The van der Waals surface area contributed by atoms with Gasteiger partial charge < -0.3 is 5.11 Å². The average Bonchev–Trinajstić information content (AvgIpc) is 3.17. The highest BCUT2D eigenvalue weighted by Crippen LogP contribution is 2.29. The van der Waals surface area contributed by atoms with E-state index in [1.807, 2.05) is 30.1 Å². The molecular weight excluding hydrogens is 284 g/mol. The molecule has 0 saturated heterocycles. The van der Waals surface area contributed by atoms with Crippen molar-refractivity contribution < 1.29 is 5.11 Å². The van der Waals surface area contributed by atoms with Gasteiger partial charge in [0.05, 0.1) is 17.2 Å². The number of thiophene rings is 1. The summed E-state index contributed by atoms with van der Waals surface area (Å²) >= 11 is 1.49. The molecule has 0 unspecified atom stereocenters. The highest BCUT2D eigenvalue weighted by atomic mass is 32.1. The van der Waals surface area contributed by atoms with E-state index in [4.69, 9.17) is 0 Å². The predicted octanol–water partition coefficient (Wildman–Crippen LogP) is 3.19. The second kappa shape index (κ2) is 4.46. The number of imidazole rings is 1. The topological polar surface area (TPSA) is 55.9 Å². The molecule has 4 aromatic rings. The lowest BCUT2D eigenvalue weighted by atomic mass is 10.1. The van der Waals surface area contributed by atoms with E-state index in [1.165, 1.54) is 11.3 Å². The molecule has 3 aromatic heterocycles. The van der Waals surface area contributed by atoms with Gasteiger partial charge in [-0.15, -0.1) is 11.3 Å². The van der Waals surface area contributed by atoms with Crippen molar-refractivity contribution in [2.45, 2.75) is 0 Å². The second-order valence-electron chi connectivity index (χ2n) is 4.86. The Morgan fingerprint density at radius 1 is 1.19 bits per heavy atom. The fourth-order valence-corrected chi connectivity index (χ4v) is 3.14. The van der Waals surface area contributed by atoms with Gasteiger partial charge >= 0.3 is 0 Å². The van der Waals surface area contributed by atoms with Crippen molar-refractivity contribution in [3.63, 3.8) is 0 Å². The van der Waals surface area contributed by atoms with Gasteiger partial charge in [-0.05, 0) is 17.7 Å². The van der Waals surface area contributed by atoms with Gasteiger partial charge in [0.1, 0.15) is 17.1 Å². The molecule has 0 radical (unpaired) electrons. The van der Waals surface area contributed by atoms with Gasteiger partial charge in [0.2, 0.25) is 0 Å². The first-order chi connectivity index (χ1) is 10.2. The van der Waals surface area contributed by atoms with Crippen LogP contribution in [-0.4, -0.2) is 24.4 Å². The third kappa shape index (κ3) is 2.00. The van der Waals surface area contributed by atoms with E-state index in [9.17, 15) is 5.11 Å². The highest BCUT2D eigenvalue weighted by molar-refractivity contribution is 7.12. The van der Waals surface area contributed by atoms with E-state index in [-0.39, 0.29) is 5.75 Å². The van der Waals surface area contributed by atoms with Gasteiger partial charge in [-0.1, -0.05) is 6.07 Å². The maximum Gasteiger partial charge on any atom is 0.128 e. The van der Waals surface area contributed by atoms with Crippen LogP contribution in [0.15, 0.2) is 48.4 Å². The molecule has 6 heteroatoms. The molecule has 0 amide bonds. The fourth-order valence-electron chi connectivity index (χ4n) is 2.38. The first-order valence-electron chi connectivity index (χ1n) is 6.45. The summed E-state index contributed by atoms with van der Waals surface area (Å²) in [6.07, 6.45) is 5.61. The standard InChI is InChI=1S/C15H12N4OS/c1-18-7-11(6-17-18)10-2-3-14-13(4-10)16-9-19(14)15-5-12(20)8-21-15/h2-9,20H,1H3. The van der Waals surface area contributed by atoms with Crippen molar-refractivity contribution in [2.75, 3.05) is 0 Å². The number of hydrogen-bond donors (Lipinski definition) is 1.